The quantitative estimate of drug-likeness (QED) is 0.652. The highest BCUT2D eigenvalue weighted by Crippen LogP contribution is 2.45. The van der Waals surface area contributed by atoms with Crippen molar-refractivity contribution < 1.29 is 4.79 Å². The molecule has 1 spiro atoms. The lowest BCUT2D eigenvalue weighted by Gasteiger charge is -2.50. The largest absolute Gasteiger partial charge is 0.350 e. The van der Waals surface area contributed by atoms with Crippen molar-refractivity contribution in [2.75, 3.05) is 0 Å². The van der Waals surface area contributed by atoms with Gasteiger partial charge in [0.05, 0.1) is 0 Å². The highest BCUT2D eigenvalue weighted by atomic mass is 16.2. The zero-order chi connectivity index (χ0) is 13.1. The summed E-state index contributed by atoms with van der Waals surface area (Å²) in [6.45, 7) is 0. The molecule has 3 atom stereocenters. The lowest BCUT2D eigenvalue weighted by Crippen LogP contribution is -2.63. The Morgan fingerprint density at radius 3 is 1.79 bits per heavy atom. The normalized spacial score (nSPS) is 40.7. The van der Waals surface area contributed by atoms with Crippen LogP contribution in [0.15, 0.2) is 0 Å². The first-order valence-corrected chi connectivity index (χ1v) is 8.57. The Morgan fingerprint density at radius 1 is 0.842 bits per heavy atom. The molecular formula is C17H29NO. The highest BCUT2D eigenvalue weighted by Gasteiger charge is 2.48. The summed E-state index contributed by atoms with van der Waals surface area (Å²) in [5, 5.41) is 3.26. The van der Waals surface area contributed by atoms with Gasteiger partial charge in [0.1, 0.15) is 0 Å². The van der Waals surface area contributed by atoms with Crippen LogP contribution >= 0.6 is 0 Å². The average Bonchev–Trinajstić information content (AvgIpc) is 2.33. The van der Waals surface area contributed by atoms with Crippen molar-refractivity contribution in [1.29, 1.82) is 0 Å². The van der Waals surface area contributed by atoms with Gasteiger partial charge in [0.2, 0.25) is 5.91 Å². The van der Waals surface area contributed by atoms with Crippen LogP contribution in [-0.4, -0.2) is 11.4 Å². The van der Waals surface area contributed by atoms with Gasteiger partial charge < -0.3 is 5.32 Å². The van der Waals surface area contributed by atoms with E-state index in [1.165, 1.54) is 77.0 Å². The van der Waals surface area contributed by atoms with Gasteiger partial charge in [-0.3, -0.25) is 4.79 Å². The fourth-order valence-electron chi connectivity index (χ4n) is 4.85. The van der Waals surface area contributed by atoms with Crippen molar-refractivity contribution >= 4 is 5.91 Å². The zero-order valence-electron chi connectivity index (χ0n) is 12.3. The summed E-state index contributed by atoms with van der Waals surface area (Å²) in [5.41, 5.74) is 0.231. The van der Waals surface area contributed by atoms with Crippen molar-refractivity contribution in [2.45, 2.75) is 89.0 Å². The molecular weight excluding hydrogens is 234 g/mol. The topological polar surface area (TPSA) is 29.1 Å². The molecule has 0 aromatic carbocycles. The summed E-state index contributed by atoms with van der Waals surface area (Å²) in [7, 11) is 0. The second-order valence-electron chi connectivity index (χ2n) is 7.43. The zero-order valence-corrected chi connectivity index (χ0v) is 12.3. The van der Waals surface area contributed by atoms with Crippen molar-refractivity contribution in [3.63, 3.8) is 0 Å². The van der Waals surface area contributed by atoms with Gasteiger partial charge in [0, 0.05) is 12.0 Å². The molecule has 0 radical (unpaired) electrons. The third kappa shape index (κ3) is 3.32. The van der Waals surface area contributed by atoms with Gasteiger partial charge in [-0.05, 0) is 31.1 Å². The molecule has 3 fully saturated rings. The SMILES string of the molecule is O=C1CC2(C[C@@H]3CCCCCCCCC[C@@H](C3)C2)N1. The van der Waals surface area contributed by atoms with Crippen molar-refractivity contribution in [3.05, 3.63) is 0 Å². The van der Waals surface area contributed by atoms with Gasteiger partial charge in [-0.25, -0.2) is 0 Å². The standard InChI is InChI=1S/C17H29NO/c19-16-13-17(18-16)11-14-8-6-4-2-1-3-5-7-9-15(10-14)12-17/h14-15H,1-13H2,(H,18,19)/t14-,15+,17?. The van der Waals surface area contributed by atoms with Crippen molar-refractivity contribution in [1.82, 2.24) is 5.32 Å². The number of fused-ring (bicyclic) bond motifs is 2. The predicted octanol–water partition coefficient (Wildman–Crippen LogP) is 4.19. The number of hydrogen-bond donors (Lipinski definition) is 1. The van der Waals surface area contributed by atoms with Gasteiger partial charge in [0.25, 0.3) is 0 Å². The first-order chi connectivity index (χ1) is 9.26. The average molecular weight is 263 g/mol. The lowest BCUT2D eigenvalue weighted by molar-refractivity contribution is -0.136. The van der Waals surface area contributed by atoms with Crippen LogP contribution in [0.5, 0.6) is 0 Å². The Labute approximate surface area is 117 Å². The Bertz CT molecular complexity index is 297. The van der Waals surface area contributed by atoms with Crippen LogP contribution in [0.4, 0.5) is 0 Å². The van der Waals surface area contributed by atoms with Crippen molar-refractivity contribution in [2.24, 2.45) is 11.8 Å². The molecule has 1 amide bonds. The minimum absolute atomic E-state index is 0.231. The molecule has 0 aromatic rings. The minimum atomic E-state index is 0.231. The summed E-state index contributed by atoms with van der Waals surface area (Å²) in [6.07, 6.45) is 17.7. The molecule has 0 aromatic heterocycles. The number of carbonyl (C=O) groups is 1. The Hall–Kier alpha value is -0.530. The molecule has 1 saturated heterocycles. The summed E-state index contributed by atoms with van der Waals surface area (Å²) in [5.74, 6) is 2.07. The number of hydrogen-bond acceptors (Lipinski definition) is 1. The van der Waals surface area contributed by atoms with Gasteiger partial charge in [-0.15, -0.1) is 0 Å². The van der Waals surface area contributed by atoms with E-state index in [-0.39, 0.29) is 5.54 Å². The monoisotopic (exact) mass is 263 g/mol. The van der Waals surface area contributed by atoms with E-state index in [1.807, 2.05) is 0 Å². The first-order valence-electron chi connectivity index (χ1n) is 8.57. The second kappa shape index (κ2) is 5.85. The van der Waals surface area contributed by atoms with E-state index in [0.29, 0.717) is 5.91 Å². The Kier molecular flexibility index (Phi) is 4.14. The molecule has 3 rings (SSSR count). The minimum Gasteiger partial charge on any atom is -0.350 e. The van der Waals surface area contributed by atoms with Crippen LogP contribution < -0.4 is 5.32 Å². The molecule has 3 aliphatic rings. The molecule has 1 N–H and O–H groups in total. The van der Waals surface area contributed by atoms with E-state index >= 15 is 0 Å². The molecule has 2 saturated carbocycles. The predicted molar refractivity (Wildman–Crippen MR) is 77.9 cm³/mol. The molecule has 108 valence electrons. The fourth-order valence-corrected chi connectivity index (χ4v) is 4.85. The summed E-state index contributed by atoms with van der Waals surface area (Å²) in [4.78, 5) is 11.4. The van der Waals surface area contributed by atoms with E-state index < -0.39 is 0 Å². The van der Waals surface area contributed by atoms with E-state index in [2.05, 4.69) is 5.32 Å². The molecule has 2 nitrogen and oxygen atoms in total. The number of carbonyl (C=O) groups excluding carboxylic acids is 1. The van der Waals surface area contributed by atoms with Crippen LogP contribution in [0.1, 0.15) is 83.5 Å². The van der Waals surface area contributed by atoms with Gasteiger partial charge in [-0.1, -0.05) is 57.8 Å². The summed E-state index contributed by atoms with van der Waals surface area (Å²) < 4.78 is 0. The second-order valence-corrected chi connectivity index (χ2v) is 7.43. The van der Waals surface area contributed by atoms with E-state index in [0.717, 1.165) is 18.3 Å². The van der Waals surface area contributed by atoms with E-state index in [4.69, 9.17) is 0 Å². The summed E-state index contributed by atoms with van der Waals surface area (Å²) >= 11 is 0. The maximum Gasteiger partial charge on any atom is 0.222 e. The molecule has 19 heavy (non-hydrogen) atoms. The van der Waals surface area contributed by atoms with Crippen LogP contribution in [0.2, 0.25) is 0 Å². The third-order valence-corrected chi connectivity index (χ3v) is 5.65. The van der Waals surface area contributed by atoms with E-state index in [9.17, 15) is 4.79 Å². The maximum absolute atomic E-state index is 11.4. The van der Waals surface area contributed by atoms with Crippen LogP contribution in [0.3, 0.4) is 0 Å². The molecule has 2 heteroatoms. The third-order valence-electron chi connectivity index (χ3n) is 5.65. The molecule has 1 aliphatic heterocycles. The Morgan fingerprint density at radius 2 is 1.32 bits per heavy atom. The maximum atomic E-state index is 11.4. The van der Waals surface area contributed by atoms with E-state index in [1.54, 1.807) is 0 Å². The molecule has 2 bridgehead atoms. The van der Waals surface area contributed by atoms with Gasteiger partial charge in [-0.2, -0.15) is 0 Å². The molecule has 2 aliphatic carbocycles. The summed E-state index contributed by atoms with van der Waals surface area (Å²) in [6, 6.07) is 0. The highest BCUT2D eigenvalue weighted by molar-refractivity contribution is 5.84. The van der Waals surface area contributed by atoms with Crippen LogP contribution in [0, 0.1) is 11.8 Å². The van der Waals surface area contributed by atoms with Crippen LogP contribution in [0.25, 0.3) is 0 Å². The first kappa shape index (κ1) is 13.5. The van der Waals surface area contributed by atoms with Gasteiger partial charge >= 0.3 is 0 Å². The van der Waals surface area contributed by atoms with Crippen molar-refractivity contribution in [3.8, 4) is 0 Å². The number of rotatable bonds is 0. The number of nitrogens with one attached hydrogen (secondary N) is 1. The lowest BCUT2D eigenvalue weighted by atomic mass is 9.64. The number of β-lactam (4-membered cyclic amide) rings is 1. The van der Waals surface area contributed by atoms with Crippen LogP contribution in [-0.2, 0) is 4.79 Å². The fraction of sp³-hybridized carbons (Fsp3) is 0.941. The molecule has 1 unspecified atom stereocenters. The van der Waals surface area contributed by atoms with Gasteiger partial charge in [0.15, 0.2) is 0 Å². The smallest absolute Gasteiger partial charge is 0.222 e. The Balaban J connectivity index is 1.61. The molecule has 1 heterocycles. The number of amides is 1.